The second-order valence-electron chi connectivity index (χ2n) is 6.19. The molecular formula is C16H22N2O2. The van der Waals surface area contributed by atoms with E-state index in [1.807, 2.05) is 24.5 Å². The number of rotatable bonds is 5. The van der Waals surface area contributed by atoms with Crippen molar-refractivity contribution in [3.8, 4) is 0 Å². The number of fused-ring (bicyclic) bond motifs is 3. The lowest BCUT2D eigenvalue weighted by Crippen LogP contribution is -2.62. The van der Waals surface area contributed by atoms with Crippen LogP contribution in [0.15, 0.2) is 24.5 Å². The number of aliphatic carboxylic acids is 1. The van der Waals surface area contributed by atoms with Crippen LogP contribution >= 0.6 is 0 Å². The molecule has 2 aliphatic heterocycles. The molecule has 4 rings (SSSR count). The standard InChI is InChI=1S/C16H22N2O2/c19-15(20)16-7-3-14(4-8-16)12-18(16)11-1-2-13-5-9-17-10-6-13/h5-6,9-10,14H,1-4,7-8,11-12H2,(H,19,20). The third kappa shape index (κ3) is 2.44. The molecule has 4 heteroatoms. The van der Waals surface area contributed by atoms with Crippen molar-refractivity contribution in [1.29, 1.82) is 0 Å². The van der Waals surface area contributed by atoms with Crippen molar-refractivity contribution in [2.24, 2.45) is 5.92 Å². The predicted octanol–water partition coefficient (Wildman–Crippen LogP) is 2.34. The van der Waals surface area contributed by atoms with Gasteiger partial charge in [-0.3, -0.25) is 14.7 Å². The molecule has 1 saturated carbocycles. The number of piperidine rings is 2. The summed E-state index contributed by atoms with van der Waals surface area (Å²) in [5, 5.41) is 9.65. The molecular weight excluding hydrogens is 252 g/mol. The van der Waals surface area contributed by atoms with Crippen molar-refractivity contribution < 1.29 is 9.90 Å². The minimum atomic E-state index is -0.612. The summed E-state index contributed by atoms with van der Waals surface area (Å²) in [4.78, 5) is 18.0. The Morgan fingerprint density at radius 3 is 2.70 bits per heavy atom. The van der Waals surface area contributed by atoms with Crippen LogP contribution in [-0.4, -0.2) is 39.6 Å². The van der Waals surface area contributed by atoms with Gasteiger partial charge in [0.1, 0.15) is 5.54 Å². The van der Waals surface area contributed by atoms with Crippen molar-refractivity contribution in [3.63, 3.8) is 0 Å². The largest absolute Gasteiger partial charge is 0.480 e. The van der Waals surface area contributed by atoms with E-state index in [-0.39, 0.29) is 0 Å². The maximum Gasteiger partial charge on any atom is 0.324 e. The van der Waals surface area contributed by atoms with E-state index in [9.17, 15) is 9.90 Å². The Bertz CT molecular complexity index is 467. The van der Waals surface area contributed by atoms with Gasteiger partial charge in [0.05, 0.1) is 0 Å². The second kappa shape index (κ2) is 5.52. The summed E-state index contributed by atoms with van der Waals surface area (Å²) < 4.78 is 0. The van der Waals surface area contributed by atoms with Crippen LogP contribution < -0.4 is 0 Å². The average Bonchev–Trinajstić information content (AvgIpc) is 2.49. The first kappa shape index (κ1) is 13.6. The number of hydrogen-bond acceptors (Lipinski definition) is 3. The molecule has 0 radical (unpaired) electrons. The molecule has 2 saturated heterocycles. The summed E-state index contributed by atoms with van der Waals surface area (Å²) in [6.45, 7) is 1.87. The van der Waals surface area contributed by atoms with Crippen LogP contribution in [0, 0.1) is 5.92 Å². The average molecular weight is 274 g/mol. The number of carboxylic acid groups (broad SMARTS) is 1. The fraction of sp³-hybridized carbons (Fsp3) is 0.625. The Hall–Kier alpha value is -1.42. The minimum absolute atomic E-state index is 0.563. The van der Waals surface area contributed by atoms with E-state index in [1.165, 1.54) is 5.56 Å². The smallest absolute Gasteiger partial charge is 0.324 e. The van der Waals surface area contributed by atoms with E-state index in [2.05, 4.69) is 9.88 Å². The van der Waals surface area contributed by atoms with Gasteiger partial charge in [-0.2, -0.15) is 0 Å². The third-order valence-corrected chi connectivity index (χ3v) is 5.06. The summed E-state index contributed by atoms with van der Waals surface area (Å²) in [6, 6.07) is 4.07. The van der Waals surface area contributed by atoms with E-state index >= 15 is 0 Å². The van der Waals surface area contributed by atoms with E-state index in [1.54, 1.807) is 0 Å². The summed E-state index contributed by atoms with van der Waals surface area (Å²) >= 11 is 0. The lowest BCUT2D eigenvalue weighted by atomic mass is 9.70. The van der Waals surface area contributed by atoms with Crippen LogP contribution in [0.25, 0.3) is 0 Å². The molecule has 0 aromatic carbocycles. The Morgan fingerprint density at radius 1 is 1.35 bits per heavy atom. The van der Waals surface area contributed by atoms with Crippen molar-refractivity contribution in [2.45, 2.75) is 44.1 Å². The van der Waals surface area contributed by atoms with E-state index in [0.29, 0.717) is 0 Å². The molecule has 1 aliphatic carbocycles. The second-order valence-corrected chi connectivity index (χ2v) is 6.19. The number of aromatic nitrogens is 1. The highest BCUT2D eigenvalue weighted by Gasteiger charge is 2.51. The molecule has 0 amide bonds. The molecule has 3 aliphatic rings. The lowest BCUT2D eigenvalue weighted by molar-refractivity contribution is -0.161. The topological polar surface area (TPSA) is 53.4 Å². The maximum absolute atomic E-state index is 11.7. The number of carboxylic acids is 1. The van der Waals surface area contributed by atoms with Crippen LogP contribution in [0.1, 0.15) is 37.7 Å². The Balaban J connectivity index is 1.60. The molecule has 2 bridgehead atoms. The number of aryl methyl sites for hydroxylation is 1. The van der Waals surface area contributed by atoms with Gasteiger partial charge in [-0.25, -0.2) is 0 Å². The summed E-state index contributed by atoms with van der Waals surface area (Å²) in [5.41, 5.74) is 0.721. The zero-order chi connectivity index (χ0) is 14.0. The normalized spacial score (nSPS) is 29.5. The minimum Gasteiger partial charge on any atom is -0.480 e. The molecule has 0 unspecified atom stereocenters. The van der Waals surface area contributed by atoms with Gasteiger partial charge in [-0.15, -0.1) is 0 Å². The first-order valence-electron chi connectivity index (χ1n) is 7.58. The molecule has 108 valence electrons. The maximum atomic E-state index is 11.7. The first-order valence-corrected chi connectivity index (χ1v) is 7.58. The highest BCUT2D eigenvalue weighted by Crippen LogP contribution is 2.43. The van der Waals surface area contributed by atoms with Gasteiger partial charge in [0, 0.05) is 18.9 Å². The fourth-order valence-corrected chi connectivity index (χ4v) is 3.82. The molecule has 1 aromatic heterocycles. The van der Waals surface area contributed by atoms with Gasteiger partial charge in [0.25, 0.3) is 0 Å². The SMILES string of the molecule is O=C(O)C12CCC(CC1)CN2CCCc1ccncc1. The monoisotopic (exact) mass is 274 g/mol. The molecule has 0 spiro atoms. The van der Waals surface area contributed by atoms with Crippen molar-refractivity contribution in [3.05, 3.63) is 30.1 Å². The zero-order valence-electron chi connectivity index (χ0n) is 11.8. The van der Waals surface area contributed by atoms with Crippen LogP contribution in [0.4, 0.5) is 0 Å². The van der Waals surface area contributed by atoms with Crippen LogP contribution in [0.5, 0.6) is 0 Å². The van der Waals surface area contributed by atoms with Crippen LogP contribution in [0.3, 0.4) is 0 Å². The lowest BCUT2D eigenvalue weighted by Gasteiger charge is -2.52. The predicted molar refractivity (Wildman–Crippen MR) is 76.5 cm³/mol. The number of carbonyl (C=O) groups is 1. The molecule has 1 aromatic rings. The molecule has 3 heterocycles. The fourth-order valence-electron chi connectivity index (χ4n) is 3.82. The van der Waals surface area contributed by atoms with Gasteiger partial charge in [-0.1, -0.05) is 0 Å². The first-order chi connectivity index (χ1) is 9.71. The number of hydrogen-bond donors (Lipinski definition) is 1. The number of nitrogens with zero attached hydrogens (tertiary/aromatic N) is 2. The zero-order valence-corrected chi connectivity index (χ0v) is 11.8. The van der Waals surface area contributed by atoms with Gasteiger partial charge in [0.15, 0.2) is 0 Å². The quantitative estimate of drug-likeness (QED) is 0.895. The Labute approximate surface area is 119 Å². The molecule has 20 heavy (non-hydrogen) atoms. The van der Waals surface area contributed by atoms with E-state index in [0.717, 1.165) is 57.5 Å². The Kier molecular flexibility index (Phi) is 3.74. The van der Waals surface area contributed by atoms with Crippen molar-refractivity contribution >= 4 is 5.97 Å². The molecule has 4 nitrogen and oxygen atoms in total. The van der Waals surface area contributed by atoms with Gasteiger partial charge in [-0.05, 0) is 68.7 Å². The van der Waals surface area contributed by atoms with Crippen LogP contribution in [-0.2, 0) is 11.2 Å². The van der Waals surface area contributed by atoms with Crippen LogP contribution in [0.2, 0.25) is 0 Å². The van der Waals surface area contributed by atoms with Crippen molar-refractivity contribution in [2.75, 3.05) is 13.1 Å². The molecule has 3 fully saturated rings. The highest BCUT2D eigenvalue weighted by molar-refractivity contribution is 5.79. The molecule has 0 atom stereocenters. The molecule has 1 N–H and O–H groups in total. The van der Waals surface area contributed by atoms with Gasteiger partial charge in [0.2, 0.25) is 0 Å². The third-order valence-electron chi connectivity index (χ3n) is 5.06. The summed E-state index contributed by atoms with van der Waals surface area (Å²) in [5.74, 6) is 0.108. The van der Waals surface area contributed by atoms with E-state index in [4.69, 9.17) is 0 Å². The van der Waals surface area contributed by atoms with Gasteiger partial charge < -0.3 is 5.11 Å². The van der Waals surface area contributed by atoms with Crippen molar-refractivity contribution in [1.82, 2.24) is 9.88 Å². The number of pyridine rings is 1. The van der Waals surface area contributed by atoms with Gasteiger partial charge >= 0.3 is 5.97 Å². The highest BCUT2D eigenvalue weighted by atomic mass is 16.4. The van der Waals surface area contributed by atoms with E-state index < -0.39 is 11.5 Å². The Morgan fingerprint density at radius 2 is 2.05 bits per heavy atom. The summed E-state index contributed by atoms with van der Waals surface area (Å²) in [6.07, 6.45) is 9.50. The summed E-state index contributed by atoms with van der Waals surface area (Å²) in [7, 11) is 0.